The maximum Gasteiger partial charge on any atom is 0.289 e. The Morgan fingerprint density at radius 1 is 1.07 bits per heavy atom. The number of hydrogen-bond donors (Lipinski definition) is 1. The molecule has 2 heterocycles. The number of nitrogens with one attached hydrogen (secondary N) is 1. The molecule has 0 saturated carbocycles. The Bertz CT molecular complexity index is 852. The molecule has 0 aliphatic carbocycles. The number of hydrogen-bond acceptors (Lipinski definition) is 5. The normalized spacial score (nSPS) is 14.8. The first-order valence-electron chi connectivity index (χ1n) is 10.6. The van der Waals surface area contributed by atoms with E-state index in [0.29, 0.717) is 44.5 Å². The van der Waals surface area contributed by atoms with Gasteiger partial charge in [0.05, 0.1) is 6.54 Å². The maximum atomic E-state index is 12.5. The number of amides is 2. The second-order valence-electron chi connectivity index (χ2n) is 7.95. The molecule has 0 atom stereocenters. The Morgan fingerprint density at radius 3 is 2.27 bits per heavy atom. The third kappa shape index (κ3) is 5.42. The van der Waals surface area contributed by atoms with E-state index in [1.807, 2.05) is 31.2 Å². The van der Waals surface area contributed by atoms with Gasteiger partial charge in [-0.1, -0.05) is 0 Å². The maximum absolute atomic E-state index is 12.5. The van der Waals surface area contributed by atoms with Crippen molar-refractivity contribution in [1.29, 1.82) is 0 Å². The highest BCUT2D eigenvalue weighted by atomic mass is 16.3. The molecule has 2 amide bonds. The van der Waals surface area contributed by atoms with Crippen LogP contribution in [0.5, 0.6) is 0 Å². The molecule has 1 aromatic carbocycles. The van der Waals surface area contributed by atoms with Crippen LogP contribution in [-0.4, -0.2) is 66.9 Å². The van der Waals surface area contributed by atoms with E-state index in [9.17, 15) is 9.59 Å². The van der Waals surface area contributed by atoms with E-state index in [2.05, 4.69) is 35.9 Å². The van der Waals surface area contributed by atoms with Crippen LogP contribution in [-0.2, 0) is 4.79 Å². The molecule has 3 rings (SSSR count). The number of furan rings is 1. The lowest BCUT2D eigenvalue weighted by Gasteiger charge is -2.33. The first-order valence-corrected chi connectivity index (χ1v) is 10.6. The summed E-state index contributed by atoms with van der Waals surface area (Å²) < 4.78 is 5.43. The number of benzene rings is 1. The fraction of sp³-hybridized carbons (Fsp3) is 0.478. The Labute approximate surface area is 178 Å². The summed E-state index contributed by atoms with van der Waals surface area (Å²) in [5, 5.41) is 2.97. The number of anilines is 2. The van der Waals surface area contributed by atoms with Gasteiger partial charge in [-0.3, -0.25) is 14.5 Å². The molecule has 0 radical (unpaired) electrons. The molecular weight excluding hydrogens is 380 g/mol. The molecule has 1 fully saturated rings. The molecule has 0 bridgehead atoms. The number of rotatable bonds is 7. The smallest absolute Gasteiger partial charge is 0.289 e. The van der Waals surface area contributed by atoms with Crippen LogP contribution in [0.1, 0.15) is 37.1 Å². The van der Waals surface area contributed by atoms with Gasteiger partial charge in [0.1, 0.15) is 5.76 Å². The first-order chi connectivity index (χ1) is 14.4. The monoisotopic (exact) mass is 412 g/mol. The van der Waals surface area contributed by atoms with Crippen molar-refractivity contribution in [3.05, 3.63) is 47.9 Å². The van der Waals surface area contributed by atoms with Crippen molar-refractivity contribution in [3.8, 4) is 0 Å². The summed E-state index contributed by atoms with van der Waals surface area (Å²) >= 11 is 0. The van der Waals surface area contributed by atoms with E-state index < -0.39 is 0 Å². The van der Waals surface area contributed by atoms with Crippen molar-refractivity contribution < 1.29 is 14.0 Å². The van der Waals surface area contributed by atoms with Gasteiger partial charge in [-0.05, 0) is 64.1 Å². The van der Waals surface area contributed by atoms with Crippen LogP contribution in [0.25, 0.3) is 0 Å². The summed E-state index contributed by atoms with van der Waals surface area (Å²) in [4.78, 5) is 31.0. The van der Waals surface area contributed by atoms with Crippen LogP contribution >= 0.6 is 0 Å². The highest BCUT2D eigenvalue weighted by Crippen LogP contribution is 2.20. The van der Waals surface area contributed by atoms with Crippen LogP contribution < -0.4 is 10.2 Å². The second-order valence-corrected chi connectivity index (χ2v) is 7.95. The Hall–Kier alpha value is -2.80. The van der Waals surface area contributed by atoms with Gasteiger partial charge in [0.25, 0.3) is 5.91 Å². The second kappa shape index (κ2) is 9.80. The zero-order valence-electron chi connectivity index (χ0n) is 18.4. The van der Waals surface area contributed by atoms with E-state index >= 15 is 0 Å². The predicted octanol–water partition coefficient (Wildman–Crippen LogP) is 3.22. The number of aryl methyl sites for hydroxylation is 1. The average Bonchev–Trinajstić information content (AvgIpc) is 3.16. The van der Waals surface area contributed by atoms with Crippen LogP contribution in [0, 0.1) is 6.92 Å². The van der Waals surface area contributed by atoms with Crippen molar-refractivity contribution in [1.82, 2.24) is 9.80 Å². The molecule has 1 N–H and O–H groups in total. The minimum atomic E-state index is -0.0881. The van der Waals surface area contributed by atoms with Gasteiger partial charge in [-0.2, -0.15) is 0 Å². The number of carbonyl (C=O) groups is 2. The zero-order valence-corrected chi connectivity index (χ0v) is 18.4. The number of carbonyl (C=O) groups excluding carboxylic acids is 2. The van der Waals surface area contributed by atoms with Gasteiger partial charge in [0.15, 0.2) is 5.76 Å². The third-order valence-electron chi connectivity index (χ3n) is 5.42. The molecule has 1 aliphatic heterocycles. The standard InChI is InChI=1S/C23H32N4O3/c1-5-27(17(2)3)20-9-7-19(8-10-20)24-22(28)16-25-12-14-26(15-13-25)23(29)21-11-6-18(4)30-21/h6-11,17H,5,12-16H2,1-4H3,(H,24,28). The summed E-state index contributed by atoms with van der Waals surface area (Å²) in [5.41, 5.74) is 1.95. The van der Waals surface area contributed by atoms with Crippen molar-refractivity contribution >= 4 is 23.2 Å². The molecular formula is C23H32N4O3. The molecule has 7 nitrogen and oxygen atoms in total. The first kappa shape index (κ1) is 21.9. The number of piperazine rings is 1. The Morgan fingerprint density at radius 2 is 1.73 bits per heavy atom. The van der Waals surface area contributed by atoms with Crippen LogP contribution in [0.2, 0.25) is 0 Å². The minimum absolute atomic E-state index is 0.0413. The molecule has 1 aliphatic rings. The zero-order chi connectivity index (χ0) is 21.7. The number of nitrogens with zero attached hydrogens (tertiary/aromatic N) is 3. The molecule has 162 valence electrons. The molecule has 30 heavy (non-hydrogen) atoms. The van der Waals surface area contributed by atoms with E-state index in [4.69, 9.17) is 4.42 Å². The fourth-order valence-electron chi connectivity index (χ4n) is 3.80. The summed E-state index contributed by atoms with van der Waals surface area (Å²) in [6, 6.07) is 11.9. The minimum Gasteiger partial charge on any atom is -0.456 e. The van der Waals surface area contributed by atoms with E-state index in [0.717, 1.165) is 23.7 Å². The van der Waals surface area contributed by atoms with Crippen molar-refractivity contribution in [2.24, 2.45) is 0 Å². The third-order valence-corrected chi connectivity index (χ3v) is 5.42. The molecule has 1 saturated heterocycles. The fourth-order valence-corrected chi connectivity index (χ4v) is 3.80. The summed E-state index contributed by atoms with van der Waals surface area (Å²) in [6.45, 7) is 12.1. The van der Waals surface area contributed by atoms with Gasteiger partial charge in [0.2, 0.25) is 5.91 Å². The van der Waals surface area contributed by atoms with E-state index in [1.165, 1.54) is 0 Å². The van der Waals surface area contributed by atoms with Crippen molar-refractivity contribution in [3.63, 3.8) is 0 Å². The summed E-state index contributed by atoms with van der Waals surface area (Å²) in [5.74, 6) is 0.977. The molecule has 0 spiro atoms. The van der Waals surface area contributed by atoms with Crippen LogP contribution in [0.15, 0.2) is 40.8 Å². The van der Waals surface area contributed by atoms with Crippen molar-refractivity contribution in [2.75, 3.05) is 49.5 Å². The SMILES string of the molecule is CCN(c1ccc(NC(=O)CN2CCN(C(=O)c3ccc(C)o3)CC2)cc1)C(C)C. The molecule has 7 heteroatoms. The molecule has 0 unspecified atom stereocenters. The lowest BCUT2D eigenvalue weighted by Crippen LogP contribution is -2.50. The van der Waals surface area contributed by atoms with E-state index in [1.54, 1.807) is 17.0 Å². The van der Waals surface area contributed by atoms with Crippen molar-refractivity contribution in [2.45, 2.75) is 33.7 Å². The highest BCUT2D eigenvalue weighted by molar-refractivity contribution is 5.93. The van der Waals surface area contributed by atoms with Gasteiger partial charge < -0.3 is 19.5 Å². The van der Waals surface area contributed by atoms with Gasteiger partial charge in [-0.15, -0.1) is 0 Å². The predicted molar refractivity (Wildman–Crippen MR) is 119 cm³/mol. The Balaban J connectivity index is 1.46. The quantitative estimate of drug-likeness (QED) is 0.756. The summed E-state index contributed by atoms with van der Waals surface area (Å²) in [7, 11) is 0. The van der Waals surface area contributed by atoms with E-state index in [-0.39, 0.29) is 11.8 Å². The lowest BCUT2D eigenvalue weighted by molar-refractivity contribution is -0.117. The highest BCUT2D eigenvalue weighted by Gasteiger charge is 2.25. The van der Waals surface area contributed by atoms with Gasteiger partial charge >= 0.3 is 0 Å². The molecule has 2 aromatic rings. The average molecular weight is 413 g/mol. The largest absolute Gasteiger partial charge is 0.456 e. The van der Waals surface area contributed by atoms with Crippen LogP contribution in [0.4, 0.5) is 11.4 Å². The topological polar surface area (TPSA) is 69.0 Å². The molecule has 1 aromatic heterocycles. The Kier molecular flexibility index (Phi) is 7.15. The van der Waals surface area contributed by atoms with Gasteiger partial charge in [0, 0.05) is 50.1 Å². The van der Waals surface area contributed by atoms with Crippen LogP contribution in [0.3, 0.4) is 0 Å². The summed E-state index contributed by atoms with van der Waals surface area (Å²) in [6.07, 6.45) is 0. The van der Waals surface area contributed by atoms with Gasteiger partial charge in [-0.25, -0.2) is 0 Å². The lowest BCUT2D eigenvalue weighted by atomic mass is 10.2.